The maximum atomic E-state index is 14.2. The fourth-order valence-electron chi connectivity index (χ4n) is 2.93. The first-order valence-electron chi connectivity index (χ1n) is 7.40. The van der Waals surface area contributed by atoms with Crippen molar-refractivity contribution in [1.82, 2.24) is 4.90 Å². The second-order valence-corrected chi connectivity index (χ2v) is 6.08. The van der Waals surface area contributed by atoms with E-state index in [0.717, 1.165) is 6.07 Å². The van der Waals surface area contributed by atoms with Crippen LogP contribution in [0.4, 0.5) is 8.78 Å². The highest BCUT2D eigenvalue weighted by Crippen LogP contribution is 2.32. The van der Waals surface area contributed by atoms with E-state index in [1.54, 1.807) is 4.90 Å². The number of halogens is 2. The molecule has 0 spiro atoms. The largest absolute Gasteiger partial charge is 0.334 e. The number of likely N-dealkylation sites (tertiary alicyclic amines) is 1. The number of nitrogens with two attached hydrogens (primary N) is 1. The predicted octanol–water partition coefficient (Wildman–Crippen LogP) is 3.00. The molecular weight excluding hydrogens is 274 g/mol. The van der Waals surface area contributed by atoms with E-state index in [2.05, 4.69) is 0 Å². The monoisotopic (exact) mass is 296 g/mol. The molecule has 5 heteroatoms. The Kier molecular flexibility index (Phi) is 4.93. The van der Waals surface area contributed by atoms with E-state index < -0.39 is 17.7 Å². The summed E-state index contributed by atoms with van der Waals surface area (Å²) in [6, 6.07) is 3.08. The maximum absolute atomic E-state index is 14.2. The quantitative estimate of drug-likeness (QED) is 0.932. The minimum atomic E-state index is -0.902. The van der Waals surface area contributed by atoms with Crippen molar-refractivity contribution in [2.75, 3.05) is 6.54 Å². The van der Waals surface area contributed by atoms with Crippen LogP contribution in [0.25, 0.3) is 0 Å². The standard InChI is InChI=1S/C16H22F2N2O/c1-10(2)9-20-14(21)8-4-7-13(19)16(20)11-5-3-6-12(17)15(11)18/h3,5-6,10,13,16H,4,7-9,19H2,1-2H3. The molecule has 2 atom stereocenters. The molecule has 2 N–H and O–H groups in total. The number of carbonyl (C=O) groups is 1. The smallest absolute Gasteiger partial charge is 0.223 e. The Balaban J connectivity index is 2.46. The molecule has 1 amide bonds. The summed E-state index contributed by atoms with van der Waals surface area (Å²) in [4.78, 5) is 14.0. The summed E-state index contributed by atoms with van der Waals surface area (Å²) in [6.45, 7) is 4.47. The first kappa shape index (κ1) is 15.9. The van der Waals surface area contributed by atoms with E-state index in [4.69, 9.17) is 5.73 Å². The summed E-state index contributed by atoms with van der Waals surface area (Å²) in [5.74, 6) is -1.61. The molecule has 1 heterocycles. The molecule has 2 unspecified atom stereocenters. The molecule has 21 heavy (non-hydrogen) atoms. The Hall–Kier alpha value is -1.49. The topological polar surface area (TPSA) is 46.3 Å². The number of nitrogens with zero attached hydrogens (tertiary/aromatic N) is 1. The van der Waals surface area contributed by atoms with Crippen molar-refractivity contribution in [3.8, 4) is 0 Å². The number of amides is 1. The average Bonchev–Trinajstić information content (AvgIpc) is 2.53. The lowest BCUT2D eigenvalue weighted by Gasteiger charge is -2.35. The zero-order valence-electron chi connectivity index (χ0n) is 12.5. The van der Waals surface area contributed by atoms with Gasteiger partial charge in [0.25, 0.3) is 0 Å². The van der Waals surface area contributed by atoms with Gasteiger partial charge in [-0.05, 0) is 24.8 Å². The maximum Gasteiger partial charge on any atom is 0.223 e. The van der Waals surface area contributed by atoms with Gasteiger partial charge in [0.05, 0.1) is 6.04 Å². The van der Waals surface area contributed by atoms with Crippen LogP contribution in [0.3, 0.4) is 0 Å². The van der Waals surface area contributed by atoms with Gasteiger partial charge in [0.15, 0.2) is 11.6 Å². The molecule has 1 aromatic rings. The van der Waals surface area contributed by atoms with Gasteiger partial charge in [0.2, 0.25) is 5.91 Å². The van der Waals surface area contributed by atoms with Crippen LogP contribution < -0.4 is 5.73 Å². The van der Waals surface area contributed by atoms with Crippen LogP contribution in [0.5, 0.6) is 0 Å². The van der Waals surface area contributed by atoms with Crippen molar-refractivity contribution in [1.29, 1.82) is 0 Å². The zero-order chi connectivity index (χ0) is 15.6. The molecule has 1 saturated heterocycles. The molecule has 1 fully saturated rings. The summed E-state index contributed by atoms with van der Waals surface area (Å²) >= 11 is 0. The van der Waals surface area contributed by atoms with Gasteiger partial charge in [0, 0.05) is 24.6 Å². The number of benzene rings is 1. The van der Waals surface area contributed by atoms with Gasteiger partial charge in [-0.25, -0.2) is 8.78 Å². The van der Waals surface area contributed by atoms with E-state index in [1.165, 1.54) is 12.1 Å². The second-order valence-electron chi connectivity index (χ2n) is 6.08. The second kappa shape index (κ2) is 6.52. The normalized spacial score (nSPS) is 23.5. The fourth-order valence-corrected chi connectivity index (χ4v) is 2.93. The van der Waals surface area contributed by atoms with Crippen LogP contribution >= 0.6 is 0 Å². The zero-order valence-corrected chi connectivity index (χ0v) is 12.5. The van der Waals surface area contributed by atoms with E-state index in [1.807, 2.05) is 13.8 Å². The highest BCUT2D eigenvalue weighted by atomic mass is 19.2. The van der Waals surface area contributed by atoms with Crippen molar-refractivity contribution in [2.45, 2.75) is 45.2 Å². The van der Waals surface area contributed by atoms with Gasteiger partial charge in [0.1, 0.15) is 0 Å². The number of carbonyl (C=O) groups excluding carboxylic acids is 1. The van der Waals surface area contributed by atoms with E-state index in [9.17, 15) is 13.6 Å². The molecule has 1 aromatic carbocycles. The molecular formula is C16H22F2N2O. The molecule has 1 aliphatic heterocycles. The molecule has 0 aromatic heterocycles. The van der Waals surface area contributed by atoms with E-state index in [0.29, 0.717) is 25.8 Å². The Morgan fingerprint density at radius 1 is 1.38 bits per heavy atom. The van der Waals surface area contributed by atoms with Crippen molar-refractivity contribution in [3.63, 3.8) is 0 Å². The first-order valence-corrected chi connectivity index (χ1v) is 7.40. The van der Waals surface area contributed by atoms with Gasteiger partial charge >= 0.3 is 0 Å². The summed E-state index contributed by atoms with van der Waals surface area (Å²) in [5.41, 5.74) is 6.35. The lowest BCUT2D eigenvalue weighted by molar-refractivity contribution is -0.133. The van der Waals surface area contributed by atoms with Crippen LogP contribution in [-0.4, -0.2) is 23.4 Å². The predicted molar refractivity (Wildman–Crippen MR) is 77.5 cm³/mol. The van der Waals surface area contributed by atoms with Crippen LogP contribution in [-0.2, 0) is 4.79 Å². The SMILES string of the molecule is CC(C)CN1C(=O)CCCC(N)C1c1cccc(F)c1F. The van der Waals surface area contributed by atoms with Crippen molar-refractivity contribution < 1.29 is 13.6 Å². The summed E-state index contributed by atoms with van der Waals surface area (Å²) in [7, 11) is 0. The molecule has 3 nitrogen and oxygen atoms in total. The van der Waals surface area contributed by atoms with Crippen LogP contribution in [0, 0.1) is 17.6 Å². The van der Waals surface area contributed by atoms with Gasteiger partial charge in [-0.1, -0.05) is 26.0 Å². The number of rotatable bonds is 3. The van der Waals surface area contributed by atoms with Gasteiger partial charge in [-0.3, -0.25) is 4.79 Å². The highest BCUT2D eigenvalue weighted by Gasteiger charge is 2.35. The van der Waals surface area contributed by atoms with Crippen molar-refractivity contribution in [2.24, 2.45) is 11.7 Å². The van der Waals surface area contributed by atoms with Gasteiger partial charge < -0.3 is 10.6 Å². The lowest BCUT2D eigenvalue weighted by Crippen LogP contribution is -2.44. The minimum absolute atomic E-state index is 0.0367. The lowest BCUT2D eigenvalue weighted by atomic mass is 9.95. The summed E-state index contributed by atoms with van der Waals surface area (Å²) in [5, 5.41) is 0. The third-order valence-corrected chi connectivity index (χ3v) is 3.85. The Morgan fingerprint density at radius 3 is 2.76 bits per heavy atom. The molecule has 1 aliphatic rings. The van der Waals surface area contributed by atoms with Gasteiger partial charge in [-0.2, -0.15) is 0 Å². The molecule has 0 radical (unpaired) electrons. The Labute approximate surface area is 124 Å². The van der Waals surface area contributed by atoms with Gasteiger partial charge in [-0.15, -0.1) is 0 Å². The molecule has 2 rings (SSSR count). The first-order chi connectivity index (χ1) is 9.91. The van der Waals surface area contributed by atoms with Crippen LogP contribution in [0.2, 0.25) is 0 Å². The molecule has 0 aliphatic carbocycles. The van der Waals surface area contributed by atoms with Crippen LogP contribution in [0.1, 0.15) is 44.7 Å². The number of hydrogen-bond acceptors (Lipinski definition) is 2. The Morgan fingerprint density at radius 2 is 2.10 bits per heavy atom. The number of hydrogen-bond donors (Lipinski definition) is 1. The summed E-state index contributed by atoms with van der Waals surface area (Å²) in [6.07, 6.45) is 1.72. The van der Waals surface area contributed by atoms with Crippen LogP contribution in [0.15, 0.2) is 18.2 Å². The molecule has 116 valence electrons. The Bertz CT molecular complexity index is 519. The summed E-state index contributed by atoms with van der Waals surface area (Å²) < 4.78 is 27.7. The fraction of sp³-hybridized carbons (Fsp3) is 0.562. The minimum Gasteiger partial charge on any atom is -0.334 e. The average molecular weight is 296 g/mol. The van der Waals surface area contributed by atoms with Crippen molar-refractivity contribution in [3.05, 3.63) is 35.4 Å². The molecule has 0 saturated carbocycles. The third kappa shape index (κ3) is 3.40. The molecule has 0 bridgehead atoms. The van der Waals surface area contributed by atoms with E-state index >= 15 is 0 Å². The van der Waals surface area contributed by atoms with Crippen molar-refractivity contribution >= 4 is 5.91 Å². The third-order valence-electron chi connectivity index (χ3n) is 3.85. The highest BCUT2D eigenvalue weighted by molar-refractivity contribution is 5.77. The van der Waals surface area contributed by atoms with E-state index in [-0.39, 0.29) is 23.4 Å².